The van der Waals surface area contributed by atoms with Crippen molar-refractivity contribution in [1.82, 2.24) is 15.6 Å². The molecule has 0 unspecified atom stereocenters. The van der Waals surface area contributed by atoms with E-state index in [-0.39, 0.29) is 42.7 Å². The van der Waals surface area contributed by atoms with Crippen molar-refractivity contribution in [3.63, 3.8) is 0 Å². The molecule has 0 radical (unpaired) electrons. The number of halogens is 2. The van der Waals surface area contributed by atoms with Crippen molar-refractivity contribution in [2.45, 2.75) is 50.1 Å². The van der Waals surface area contributed by atoms with Gasteiger partial charge in [-0.3, -0.25) is 4.79 Å². The smallest absolute Gasteiger partial charge is 0.404 e. The van der Waals surface area contributed by atoms with Crippen molar-refractivity contribution in [2.24, 2.45) is 0 Å². The van der Waals surface area contributed by atoms with Gasteiger partial charge in [0.25, 0.3) is 5.91 Å². The van der Waals surface area contributed by atoms with Crippen LogP contribution in [0.15, 0.2) is 12.3 Å². The lowest BCUT2D eigenvalue weighted by Gasteiger charge is -2.44. The molecule has 1 atom stereocenters. The first-order chi connectivity index (χ1) is 12.9. The fraction of sp³-hybridized carbons (Fsp3) is 0.588. The summed E-state index contributed by atoms with van der Waals surface area (Å²) in [6.07, 6.45) is -1.11. The van der Waals surface area contributed by atoms with E-state index in [4.69, 9.17) is 16.7 Å². The molecule has 1 heterocycles. The molecule has 11 heteroatoms. The molecule has 1 aromatic rings. The summed E-state index contributed by atoms with van der Waals surface area (Å²) in [5, 5.41) is 36.2. The van der Waals surface area contributed by atoms with Crippen LogP contribution in [-0.4, -0.2) is 68.8 Å². The molecule has 1 aromatic heterocycles. The lowest BCUT2D eigenvalue weighted by molar-refractivity contribution is -0.0383. The average molecular weight is 419 g/mol. The quantitative estimate of drug-likeness (QED) is 0.347. The standard InChI is InChI=1S/C17H24ClFN4O5/c1-16(2,27)12(19)7-21-14(24)10-6-20-13(18)3-11(10)23-9-4-17(28,5-9)8-22-15(25)26/h3,6,9,12,22,27-28H,4-5,7-8H2,1-2H3,(H,20,23)(H,21,24)(H,25,26)/t9?,12-,17?/m1/s1. The number of hydrogen-bond donors (Lipinski definition) is 6. The van der Waals surface area contributed by atoms with Gasteiger partial charge in [0.2, 0.25) is 0 Å². The Morgan fingerprint density at radius 2 is 2.07 bits per heavy atom. The molecular formula is C17H24ClFN4O5. The number of carboxylic acid groups (broad SMARTS) is 1. The van der Waals surface area contributed by atoms with Gasteiger partial charge in [0.1, 0.15) is 11.3 Å². The SMILES string of the molecule is CC(C)(O)[C@H](F)CNC(=O)c1cnc(Cl)cc1NC1CC(O)(CNC(=O)O)C1. The van der Waals surface area contributed by atoms with Crippen molar-refractivity contribution in [2.75, 3.05) is 18.4 Å². The first kappa shape index (κ1) is 22.1. The Labute approximate surface area is 166 Å². The van der Waals surface area contributed by atoms with E-state index in [1.165, 1.54) is 26.1 Å². The number of nitrogens with one attached hydrogen (secondary N) is 3. The van der Waals surface area contributed by atoms with E-state index in [1.807, 2.05) is 0 Å². The maximum Gasteiger partial charge on any atom is 0.404 e. The Morgan fingerprint density at radius 3 is 2.64 bits per heavy atom. The van der Waals surface area contributed by atoms with Crippen LogP contribution in [0.25, 0.3) is 0 Å². The van der Waals surface area contributed by atoms with Crippen LogP contribution < -0.4 is 16.0 Å². The van der Waals surface area contributed by atoms with Crippen molar-refractivity contribution in [3.8, 4) is 0 Å². The van der Waals surface area contributed by atoms with Crippen LogP contribution in [0.2, 0.25) is 5.15 Å². The van der Waals surface area contributed by atoms with Crippen LogP contribution in [-0.2, 0) is 0 Å². The third-order valence-corrected chi connectivity index (χ3v) is 4.71. The third kappa shape index (κ3) is 5.91. The monoisotopic (exact) mass is 418 g/mol. The summed E-state index contributed by atoms with van der Waals surface area (Å²) in [4.78, 5) is 26.8. The maximum absolute atomic E-state index is 13.8. The fourth-order valence-electron chi connectivity index (χ4n) is 2.82. The molecular weight excluding hydrogens is 395 g/mol. The second-order valence-corrected chi connectivity index (χ2v) is 7.90. The van der Waals surface area contributed by atoms with Crippen molar-refractivity contribution in [1.29, 1.82) is 0 Å². The molecule has 6 N–H and O–H groups in total. The van der Waals surface area contributed by atoms with Crippen LogP contribution in [0.1, 0.15) is 37.0 Å². The first-order valence-corrected chi connectivity index (χ1v) is 9.03. The van der Waals surface area contributed by atoms with Gasteiger partial charge in [0, 0.05) is 18.8 Å². The molecule has 0 spiro atoms. The molecule has 1 aliphatic rings. The highest BCUT2D eigenvalue weighted by molar-refractivity contribution is 6.29. The zero-order valence-corrected chi connectivity index (χ0v) is 16.3. The van der Waals surface area contributed by atoms with Crippen molar-refractivity contribution < 1.29 is 29.3 Å². The molecule has 2 amide bonds. The number of carbonyl (C=O) groups excluding carboxylic acids is 1. The number of amides is 2. The molecule has 9 nitrogen and oxygen atoms in total. The Balaban J connectivity index is 1.99. The summed E-state index contributed by atoms with van der Waals surface area (Å²) < 4.78 is 13.8. The van der Waals surface area contributed by atoms with Crippen molar-refractivity contribution in [3.05, 3.63) is 23.0 Å². The first-order valence-electron chi connectivity index (χ1n) is 8.65. The van der Waals surface area contributed by atoms with Crippen LogP contribution in [0.4, 0.5) is 14.9 Å². The van der Waals surface area contributed by atoms with E-state index in [9.17, 15) is 24.2 Å². The Kier molecular flexibility index (Phi) is 6.68. The van der Waals surface area contributed by atoms with Gasteiger partial charge in [0.05, 0.1) is 29.0 Å². The molecule has 1 saturated carbocycles. The largest absolute Gasteiger partial charge is 0.465 e. The summed E-state index contributed by atoms with van der Waals surface area (Å²) in [6.45, 7) is 2.13. The highest BCUT2D eigenvalue weighted by Gasteiger charge is 2.43. The van der Waals surface area contributed by atoms with Crippen molar-refractivity contribution >= 4 is 29.3 Å². The lowest BCUT2D eigenvalue weighted by atomic mass is 9.75. The summed E-state index contributed by atoms with van der Waals surface area (Å²) in [5.74, 6) is -0.597. The molecule has 1 aliphatic carbocycles. The van der Waals surface area contributed by atoms with Gasteiger partial charge in [-0.25, -0.2) is 14.2 Å². The van der Waals surface area contributed by atoms with E-state index < -0.39 is 29.4 Å². The van der Waals surface area contributed by atoms with E-state index in [0.717, 1.165) is 0 Å². The predicted molar refractivity (Wildman–Crippen MR) is 100 cm³/mol. The molecule has 28 heavy (non-hydrogen) atoms. The van der Waals surface area contributed by atoms with Crippen LogP contribution in [0.3, 0.4) is 0 Å². The fourth-order valence-corrected chi connectivity index (χ4v) is 2.98. The Hall–Kier alpha value is -2.17. The number of aromatic nitrogens is 1. The zero-order valence-electron chi connectivity index (χ0n) is 15.5. The minimum absolute atomic E-state index is 0.0974. The lowest BCUT2D eigenvalue weighted by Crippen LogP contribution is -2.56. The number of rotatable bonds is 8. The van der Waals surface area contributed by atoms with Gasteiger partial charge in [-0.05, 0) is 32.8 Å². The number of carbonyl (C=O) groups is 2. The summed E-state index contributed by atoms with van der Waals surface area (Å²) in [5.41, 5.74) is -2.27. The summed E-state index contributed by atoms with van der Waals surface area (Å²) in [7, 11) is 0. The highest BCUT2D eigenvalue weighted by atomic mass is 35.5. The van der Waals surface area contributed by atoms with Gasteiger partial charge >= 0.3 is 6.09 Å². The van der Waals surface area contributed by atoms with Gasteiger partial charge in [-0.1, -0.05) is 11.6 Å². The second-order valence-electron chi connectivity index (χ2n) is 7.52. The predicted octanol–water partition coefficient (Wildman–Crippen LogP) is 1.15. The summed E-state index contributed by atoms with van der Waals surface area (Å²) in [6, 6.07) is 1.22. The average Bonchev–Trinajstić information content (AvgIpc) is 2.55. The van der Waals surface area contributed by atoms with Gasteiger partial charge in [0.15, 0.2) is 0 Å². The van der Waals surface area contributed by atoms with E-state index in [0.29, 0.717) is 5.69 Å². The van der Waals surface area contributed by atoms with E-state index in [1.54, 1.807) is 0 Å². The molecule has 0 aromatic carbocycles. The molecule has 0 saturated heterocycles. The normalized spacial score (nSPS) is 22.7. The maximum atomic E-state index is 13.8. The molecule has 1 fully saturated rings. The molecule has 2 rings (SSSR count). The summed E-state index contributed by atoms with van der Waals surface area (Å²) >= 11 is 5.89. The van der Waals surface area contributed by atoms with Gasteiger partial charge in [-0.2, -0.15) is 0 Å². The number of anilines is 1. The second kappa shape index (κ2) is 8.46. The van der Waals surface area contributed by atoms with Gasteiger partial charge < -0.3 is 31.3 Å². The molecule has 0 aliphatic heterocycles. The van der Waals surface area contributed by atoms with Crippen LogP contribution >= 0.6 is 11.6 Å². The van der Waals surface area contributed by atoms with Gasteiger partial charge in [-0.15, -0.1) is 0 Å². The number of pyridine rings is 1. The third-order valence-electron chi connectivity index (χ3n) is 4.50. The Morgan fingerprint density at radius 1 is 1.43 bits per heavy atom. The number of aliphatic hydroxyl groups is 2. The van der Waals surface area contributed by atoms with E-state index in [2.05, 4.69) is 20.9 Å². The van der Waals surface area contributed by atoms with E-state index >= 15 is 0 Å². The molecule has 0 bridgehead atoms. The van der Waals surface area contributed by atoms with Crippen LogP contribution in [0.5, 0.6) is 0 Å². The highest BCUT2D eigenvalue weighted by Crippen LogP contribution is 2.35. The number of hydrogen-bond acceptors (Lipinski definition) is 6. The zero-order chi connectivity index (χ0) is 21.1. The molecule has 156 valence electrons. The minimum Gasteiger partial charge on any atom is -0.465 e. The van der Waals surface area contributed by atoms with Crippen LogP contribution in [0, 0.1) is 0 Å². The number of alkyl halides is 1. The number of nitrogens with zero attached hydrogens (tertiary/aromatic N) is 1. The minimum atomic E-state index is -1.66. The Bertz CT molecular complexity index is 737. The topological polar surface area (TPSA) is 144 Å².